The van der Waals surface area contributed by atoms with Crippen molar-refractivity contribution in [3.63, 3.8) is 0 Å². The minimum absolute atomic E-state index is 0.398. The molecule has 0 aromatic heterocycles. The molecule has 15 heavy (non-hydrogen) atoms. The van der Waals surface area contributed by atoms with E-state index in [2.05, 4.69) is 17.5 Å². The largest absolute Gasteiger partial charge is 0.309 e. The van der Waals surface area contributed by atoms with Gasteiger partial charge in [0.15, 0.2) is 0 Å². The third-order valence-corrected chi connectivity index (χ3v) is 2.60. The monoisotopic (exact) mass is 209 g/mol. The molecule has 0 saturated heterocycles. The van der Waals surface area contributed by atoms with E-state index in [0.29, 0.717) is 18.2 Å². The Kier molecular flexibility index (Phi) is 3.11. The lowest BCUT2D eigenvalue weighted by atomic mass is 10.1. The summed E-state index contributed by atoms with van der Waals surface area (Å²) in [6.07, 6.45) is 6.20. The van der Waals surface area contributed by atoms with Crippen molar-refractivity contribution in [2.75, 3.05) is 0 Å². The smallest absolute Gasteiger partial charge is 0.130 e. The van der Waals surface area contributed by atoms with Crippen molar-refractivity contribution >= 4 is 0 Å². The standard InChI is InChI=1S/C12H13F2N/c13-10-6-5-9(12(14)7-10)8-15-11-3-1-2-4-11/h1-2,5-7,11,15H,3-4,8H2. The number of benzene rings is 1. The van der Waals surface area contributed by atoms with Crippen molar-refractivity contribution in [1.29, 1.82) is 0 Å². The Hall–Kier alpha value is -1.22. The number of rotatable bonds is 3. The Morgan fingerprint density at radius 2 is 1.93 bits per heavy atom. The molecule has 80 valence electrons. The van der Waals surface area contributed by atoms with Gasteiger partial charge in [-0.25, -0.2) is 8.78 Å². The summed E-state index contributed by atoms with van der Waals surface area (Å²) in [5.41, 5.74) is 0.517. The molecule has 0 amide bonds. The van der Waals surface area contributed by atoms with Gasteiger partial charge in [-0.05, 0) is 18.9 Å². The predicted octanol–water partition coefficient (Wildman–Crippen LogP) is 2.77. The van der Waals surface area contributed by atoms with Crippen LogP contribution in [0.3, 0.4) is 0 Å². The van der Waals surface area contributed by atoms with E-state index in [1.807, 2.05) is 0 Å². The summed E-state index contributed by atoms with van der Waals surface area (Å²) in [5, 5.41) is 3.23. The summed E-state index contributed by atoms with van der Waals surface area (Å²) >= 11 is 0. The summed E-state index contributed by atoms with van der Waals surface area (Å²) in [4.78, 5) is 0. The van der Waals surface area contributed by atoms with E-state index >= 15 is 0 Å². The Balaban J connectivity index is 1.92. The van der Waals surface area contributed by atoms with Gasteiger partial charge in [-0.1, -0.05) is 18.2 Å². The van der Waals surface area contributed by atoms with Crippen LogP contribution in [-0.2, 0) is 6.54 Å². The van der Waals surface area contributed by atoms with E-state index in [9.17, 15) is 8.78 Å². The van der Waals surface area contributed by atoms with Crippen LogP contribution in [0.1, 0.15) is 18.4 Å². The molecule has 0 aliphatic heterocycles. The lowest BCUT2D eigenvalue weighted by Crippen LogP contribution is -2.26. The molecule has 0 radical (unpaired) electrons. The van der Waals surface area contributed by atoms with Crippen LogP contribution in [-0.4, -0.2) is 6.04 Å². The van der Waals surface area contributed by atoms with Crippen LogP contribution in [0.4, 0.5) is 8.78 Å². The molecule has 0 heterocycles. The quantitative estimate of drug-likeness (QED) is 0.755. The Morgan fingerprint density at radius 3 is 2.60 bits per heavy atom. The second kappa shape index (κ2) is 4.53. The lowest BCUT2D eigenvalue weighted by molar-refractivity contribution is 0.514. The molecular formula is C12H13F2N. The minimum Gasteiger partial charge on any atom is -0.309 e. The van der Waals surface area contributed by atoms with Crippen molar-refractivity contribution in [3.8, 4) is 0 Å². The summed E-state index contributed by atoms with van der Waals surface area (Å²) in [7, 11) is 0. The van der Waals surface area contributed by atoms with Crippen LogP contribution in [0.25, 0.3) is 0 Å². The number of nitrogens with one attached hydrogen (secondary N) is 1. The zero-order valence-electron chi connectivity index (χ0n) is 8.34. The molecule has 1 aromatic rings. The van der Waals surface area contributed by atoms with Gasteiger partial charge in [0.2, 0.25) is 0 Å². The van der Waals surface area contributed by atoms with E-state index in [0.717, 1.165) is 18.9 Å². The molecule has 0 spiro atoms. The van der Waals surface area contributed by atoms with E-state index < -0.39 is 11.6 Å². The summed E-state index contributed by atoms with van der Waals surface area (Å²) < 4.78 is 25.8. The number of hydrogen-bond donors (Lipinski definition) is 1. The molecule has 1 aromatic carbocycles. The molecule has 0 saturated carbocycles. The van der Waals surface area contributed by atoms with Gasteiger partial charge in [-0.15, -0.1) is 0 Å². The van der Waals surface area contributed by atoms with Crippen LogP contribution < -0.4 is 5.32 Å². The van der Waals surface area contributed by atoms with Gasteiger partial charge in [-0.3, -0.25) is 0 Å². The van der Waals surface area contributed by atoms with E-state index in [-0.39, 0.29) is 0 Å². The van der Waals surface area contributed by atoms with Crippen molar-refractivity contribution in [2.45, 2.75) is 25.4 Å². The zero-order chi connectivity index (χ0) is 10.7. The molecule has 0 bridgehead atoms. The van der Waals surface area contributed by atoms with Crippen molar-refractivity contribution < 1.29 is 8.78 Å². The predicted molar refractivity (Wildman–Crippen MR) is 55.4 cm³/mol. The summed E-state index contributed by atoms with van der Waals surface area (Å²) in [6, 6.07) is 4.09. The van der Waals surface area contributed by atoms with Gasteiger partial charge >= 0.3 is 0 Å². The van der Waals surface area contributed by atoms with Gasteiger partial charge in [0.25, 0.3) is 0 Å². The minimum atomic E-state index is -0.529. The first-order valence-electron chi connectivity index (χ1n) is 5.08. The highest BCUT2D eigenvalue weighted by molar-refractivity contribution is 5.18. The number of hydrogen-bond acceptors (Lipinski definition) is 1. The van der Waals surface area contributed by atoms with Gasteiger partial charge in [0.1, 0.15) is 11.6 Å². The second-order valence-corrected chi connectivity index (χ2v) is 3.76. The summed E-state index contributed by atoms with van der Waals surface area (Å²) in [6.45, 7) is 0.457. The van der Waals surface area contributed by atoms with Gasteiger partial charge in [-0.2, -0.15) is 0 Å². The molecule has 0 fully saturated rings. The topological polar surface area (TPSA) is 12.0 Å². The highest BCUT2D eigenvalue weighted by Gasteiger charge is 2.10. The zero-order valence-corrected chi connectivity index (χ0v) is 8.34. The second-order valence-electron chi connectivity index (χ2n) is 3.76. The van der Waals surface area contributed by atoms with Crippen LogP contribution in [0.2, 0.25) is 0 Å². The Bertz CT molecular complexity index is 366. The average Bonchev–Trinajstić information content (AvgIpc) is 2.69. The Morgan fingerprint density at radius 1 is 1.20 bits per heavy atom. The van der Waals surface area contributed by atoms with Crippen molar-refractivity contribution in [2.24, 2.45) is 0 Å². The van der Waals surface area contributed by atoms with Gasteiger partial charge in [0.05, 0.1) is 0 Å². The summed E-state index contributed by atoms with van der Waals surface area (Å²) in [5.74, 6) is -1.01. The maximum absolute atomic E-state index is 13.2. The SMILES string of the molecule is Fc1ccc(CNC2CC=CC2)c(F)c1. The first kappa shape index (κ1) is 10.3. The van der Waals surface area contributed by atoms with Crippen molar-refractivity contribution in [3.05, 3.63) is 47.5 Å². The fourth-order valence-electron chi connectivity index (χ4n) is 1.70. The molecule has 0 unspecified atom stereocenters. The first-order valence-corrected chi connectivity index (χ1v) is 5.08. The molecule has 3 heteroatoms. The first-order chi connectivity index (χ1) is 7.25. The molecule has 1 nitrogen and oxygen atoms in total. The highest BCUT2D eigenvalue weighted by atomic mass is 19.1. The van der Waals surface area contributed by atoms with Crippen LogP contribution in [0.15, 0.2) is 30.4 Å². The highest BCUT2D eigenvalue weighted by Crippen LogP contribution is 2.13. The molecule has 0 atom stereocenters. The third kappa shape index (κ3) is 2.63. The van der Waals surface area contributed by atoms with Crippen LogP contribution in [0, 0.1) is 11.6 Å². The van der Waals surface area contributed by atoms with E-state index in [1.54, 1.807) is 0 Å². The fourth-order valence-corrected chi connectivity index (χ4v) is 1.70. The van der Waals surface area contributed by atoms with Crippen LogP contribution >= 0.6 is 0 Å². The Labute approximate surface area is 87.8 Å². The lowest BCUT2D eigenvalue weighted by Gasteiger charge is -2.12. The molecule has 1 aliphatic carbocycles. The van der Waals surface area contributed by atoms with Crippen molar-refractivity contribution in [1.82, 2.24) is 5.32 Å². The van der Waals surface area contributed by atoms with Gasteiger partial charge in [0, 0.05) is 24.2 Å². The normalized spacial score (nSPS) is 16.1. The third-order valence-electron chi connectivity index (χ3n) is 2.60. The molecule has 1 N–H and O–H groups in total. The van der Waals surface area contributed by atoms with Gasteiger partial charge < -0.3 is 5.32 Å². The van der Waals surface area contributed by atoms with E-state index in [4.69, 9.17) is 0 Å². The fraction of sp³-hybridized carbons (Fsp3) is 0.333. The van der Waals surface area contributed by atoms with Crippen LogP contribution in [0.5, 0.6) is 0 Å². The molecule has 2 rings (SSSR count). The number of halogens is 2. The molecule has 1 aliphatic rings. The average molecular weight is 209 g/mol. The maximum atomic E-state index is 13.2. The molecular weight excluding hydrogens is 196 g/mol. The van der Waals surface area contributed by atoms with E-state index in [1.165, 1.54) is 12.1 Å². The maximum Gasteiger partial charge on any atom is 0.130 e.